The summed E-state index contributed by atoms with van der Waals surface area (Å²) >= 11 is 0. The van der Waals surface area contributed by atoms with Gasteiger partial charge < -0.3 is 20.3 Å². The van der Waals surface area contributed by atoms with Crippen molar-refractivity contribution in [3.8, 4) is 11.5 Å². The summed E-state index contributed by atoms with van der Waals surface area (Å²) in [5.74, 6) is 1.04. The quantitative estimate of drug-likeness (QED) is 0.876. The molecule has 0 saturated heterocycles. The normalized spacial score (nSPS) is 11.9. The molecule has 1 heterocycles. The molecule has 100 valence electrons. The van der Waals surface area contributed by atoms with Crippen molar-refractivity contribution < 1.29 is 14.6 Å². The van der Waals surface area contributed by atoms with E-state index in [0.29, 0.717) is 28.3 Å². The van der Waals surface area contributed by atoms with Gasteiger partial charge in [0.15, 0.2) is 11.5 Å². The molecule has 0 spiro atoms. The molecule has 0 aliphatic carbocycles. The maximum Gasteiger partial charge on any atom is 0.166 e. The first kappa shape index (κ1) is 13.2. The number of ether oxygens (including phenoxy) is 2. The van der Waals surface area contributed by atoms with Gasteiger partial charge in [-0.1, -0.05) is 12.1 Å². The highest BCUT2D eigenvalue weighted by Crippen LogP contribution is 2.37. The number of nitrogens with zero attached hydrogens (tertiary/aromatic N) is 1. The molecular formula is C14H16N2O3. The van der Waals surface area contributed by atoms with Gasteiger partial charge in [-0.2, -0.15) is 0 Å². The van der Waals surface area contributed by atoms with Gasteiger partial charge >= 0.3 is 0 Å². The molecule has 0 aliphatic rings. The number of hydrogen-bond acceptors (Lipinski definition) is 5. The Hall–Kier alpha value is -2.27. The lowest BCUT2D eigenvalue weighted by atomic mass is 10.0. The fourth-order valence-corrected chi connectivity index (χ4v) is 1.94. The molecule has 0 saturated carbocycles. The minimum absolute atomic E-state index is 0.479. The molecule has 0 bridgehead atoms. The Morgan fingerprint density at radius 2 is 1.95 bits per heavy atom. The average Bonchev–Trinajstić information content (AvgIpc) is 2.46. The molecule has 5 heteroatoms. The van der Waals surface area contributed by atoms with E-state index in [9.17, 15) is 5.11 Å². The molecule has 1 aromatic carbocycles. The van der Waals surface area contributed by atoms with Gasteiger partial charge in [0.1, 0.15) is 6.10 Å². The van der Waals surface area contributed by atoms with Crippen LogP contribution in [0.4, 0.5) is 5.69 Å². The first-order chi connectivity index (χ1) is 9.19. The van der Waals surface area contributed by atoms with E-state index >= 15 is 0 Å². The summed E-state index contributed by atoms with van der Waals surface area (Å²) in [5, 5.41) is 10.4. The number of methoxy groups -OCH3 is 2. The number of aromatic nitrogens is 1. The number of aliphatic hydroxyl groups excluding tert-OH is 1. The van der Waals surface area contributed by atoms with Gasteiger partial charge in [0.2, 0.25) is 0 Å². The second kappa shape index (κ2) is 5.58. The minimum Gasteiger partial charge on any atom is -0.493 e. The van der Waals surface area contributed by atoms with Crippen LogP contribution in [0.25, 0.3) is 0 Å². The molecule has 2 aromatic rings. The van der Waals surface area contributed by atoms with Crippen molar-refractivity contribution in [3.05, 3.63) is 47.8 Å². The summed E-state index contributed by atoms with van der Waals surface area (Å²) in [5.41, 5.74) is 7.45. The lowest BCUT2D eigenvalue weighted by molar-refractivity contribution is 0.213. The number of aliphatic hydroxyl groups is 1. The highest BCUT2D eigenvalue weighted by molar-refractivity contribution is 5.54. The number of rotatable bonds is 4. The maximum absolute atomic E-state index is 10.4. The van der Waals surface area contributed by atoms with Crippen LogP contribution in [0, 0.1) is 0 Å². The van der Waals surface area contributed by atoms with E-state index < -0.39 is 6.10 Å². The second-order valence-corrected chi connectivity index (χ2v) is 3.99. The summed E-state index contributed by atoms with van der Waals surface area (Å²) in [4.78, 5) is 3.98. The Balaban J connectivity index is 2.50. The van der Waals surface area contributed by atoms with Crippen molar-refractivity contribution in [3.63, 3.8) is 0 Å². The average molecular weight is 260 g/mol. The van der Waals surface area contributed by atoms with E-state index in [1.54, 1.807) is 43.8 Å². The third-order valence-electron chi connectivity index (χ3n) is 2.91. The number of pyridine rings is 1. The van der Waals surface area contributed by atoms with Crippen molar-refractivity contribution >= 4 is 5.69 Å². The Kier molecular flexibility index (Phi) is 3.87. The van der Waals surface area contributed by atoms with Crippen LogP contribution in [0.5, 0.6) is 11.5 Å². The predicted molar refractivity (Wildman–Crippen MR) is 72.3 cm³/mol. The Morgan fingerprint density at radius 1 is 1.16 bits per heavy atom. The number of nitrogens with two attached hydrogens (primary N) is 1. The summed E-state index contributed by atoms with van der Waals surface area (Å²) in [7, 11) is 3.08. The highest BCUT2D eigenvalue weighted by atomic mass is 16.5. The van der Waals surface area contributed by atoms with Crippen molar-refractivity contribution in [1.82, 2.24) is 4.98 Å². The summed E-state index contributed by atoms with van der Waals surface area (Å²) < 4.78 is 10.5. The predicted octanol–water partition coefficient (Wildman–Crippen LogP) is 1.76. The van der Waals surface area contributed by atoms with E-state index in [1.807, 2.05) is 0 Å². The highest BCUT2D eigenvalue weighted by Gasteiger charge is 2.20. The van der Waals surface area contributed by atoms with Gasteiger partial charge in [-0.3, -0.25) is 4.98 Å². The lowest BCUT2D eigenvalue weighted by Gasteiger charge is -2.18. The number of para-hydroxylation sites is 1. The van der Waals surface area contributed by atoms with Crippen LogP contribution < -0.4 is 15.2 Å². The van der Waals surface area contributed by atoms with Crippen molar-refractivity contribution in [2.24, 2.45) is 0 Å². The van der Waals surface area contributed by atoms with Crippen molar-refractivity contribution in [1.29, 1.82) is 0 Å². The van der Waals surface area contributed by atoms with E-state index in [2.05, 4.69) is 4.98 Å². The van der Waals surface area contributed by atoms with Gasteiger partial charge in [-0.05, 0) is 12.1 Å². The molecule has 0 aliphatic heterocycles. The molecule has 1 atom stereocenters. The first-order valence-corrected chi connectivity index (χ1v) is 5.77. The molecule has 5 nitrogen and oxygen atoms in total. The summed E-state index contributed by atoms with van der Waals surface area (Å²) in [6, 6.07) is 6.96. The van der Waals surface area contributed by atoms with Crippen LogP contribution in [0.15, 0.2) is 36.7 Å². The summed E-state index contributed by atoms with van der Waals surface area (Å²) in [6.45, 7) is 0. The second-order valence-electron chi connectivity index (χ2n) is 3.99. The number of benzene rings is 1. The molecule has 3 N–H and O–H groups in total. The third-order valence-corrected chi connectivity index (χ3v) is 2.91. The van der Waals surface area contributed by atoms with Gasteiger partial charge in [-0.15, -0.1) is 0 Å². The SMILES string of the molecule is COc1cccc(C(O)c2cnccc2N)c1OC. The van der Waals surface area contributed by atoms with Crippen LogP contribution in [-0.4, -0.2) is 24.3 Å². The summed E-state index contributed by atoms with van der Waals surface area (Å²) in [6.07, 6.45) is 2.20. The van der Waals surface area contributed by atoms with Crippen LogP contribution in [0.1, 0.15) is 17.2 Å². The third kappa shape index (κ3) is 2.46. The van der Waals surface area contributed by atoms with E-state index in [4.69, 9.17) is 15.2 Å². The fourth-order valence-electron chi connectivity index (χ4n) is 1.94. The zero-order valence-corrected chi connectivity index (χ0v) is 10.8. The first-order valence-electron chi connectivity index (χ1n) is 5.77. The standard InChI is InChI=1S/C14H16N2O3/c1-18-12-5-3-4-9(14(12)19-2)13(17)10-8-16-7-6-11(10)15/h3-8,13,17H,1-2H3,(H2,15,16). The smallest absolute Gasteiger partial charge is 0.166 e. The monoisotopic (exact) mass is 260 g/mol. The van der Waals surface area contributed by atoms with Crippen molar-refractivity contribution in [2.45, 2.75) is 6.10 Å². The molecule has 0 radical (unpaired) electrons. The minimum atomic E-state index is -0.918. The van der Waals surface area contributed by atoms with E-state index in [-0.39, 0.29) is 0 Å². The van der Waals surface area contributed by atoms with E-state index in [0.717, 1.165) is 0 Å². The van der Waals surface area contributed by atoms with Crippen molar-refractivity contribution in [2.75, 3.05) is 20.0 Å². The van der Waals surface area contributed by atoms with Crippen LogP contribution in [0.3, 0.4) is 0 Å². The van der Waals surface area contributed by atoms with Crippen LogP contribution >= 0.6 is 0 Å². The Morgan fingerprint density at radius 3 is 2.58 bits per heavy atom. The molecule has 0 fully saturated rings. The Bertz CT molecular complexity index is 572. The molecule has 1 unspecified atom stereocenters. The van der Waals surface area contributed by atoms with Crippen LogP contribution in [-0.2, 0) is 0 Å². The molecule has 19 heavy (non-hydrogen) atoms. The maximum atomic E-state index is 10.4. The van der Waals surface area contributed by atoms with Crippen LogP contribution in [0.2, 0.25) is 0 Å². The molecular weight excluding hydrogens is 244 g/mol. The molecule has 0 amide bonds. The zero-order valence-electron chi connectivity index (χ0n) is 10.8. The van der Waals surface area contributed by atoms with Gasteiger partial charge in [-0.25, -0.2) is 0 Å². The molecule has 2 rings (SSSR count). The van der Waals surface area contributed by atoms with E-state index in [1.165, 1.54) is 7.11 Å². The molecule has 1 aromatic heterocycles. The van der Waals surface area contributed by atoms with Gasteiger partial charge in [0.05, 0.1) is 14.2 Å². The van der Waals surface area contributed by atoms with Gasteiger partial charge in [0, 0.05) is 29.2 Å². The number of nitrogen functional groups attached to an aromatic ring is 1. The number of hydrogen-bond donors (Lipinski definition) is 2. The largest absolute Gasteiger partial charge is 0.493 e. The topological polar surface area (TPSA) is 77.6 Å². The Labute approximate surface area is 111 Å². The fraction of sp³-hybridized carbons (Fsp3) is 0.214. The zero-order chi connectivity index (χ0) is 13.8. The van der Waals surface area contributed by atoms with Gasteiger partial charge in [0.25, 0.3) is 0 Å². The number of anilines is 1. The lowest BCUT2D eigenvalue weighted by Crippen LogP contribution is -2.06.